The molecule has 94 valence electrons. The lowest BCUT2D eigenvalue weighted by Gasteiger charge is -2.04. The average Bonchev–Trinajstić information content (AvgIpc) is 2.32. The van der Waals surface area contributed by atoms with Crippen LogP contribution in [0.3, 0.4) is 0 Å². The fraction of sp³-hybridized carbons (Fsp3) is 0.462. The molecule has 0 saturated carbocycles. The third-order valence-electron chi connectivity index (χ3n) is 2.04. The molecule has 1 atom stereocenters. The summed E-state index contributed by atoms with van der Waals surface area (Å²) in [7, 11) is 1.80. The minimum atomic E-state index is 0.191. The molecule has 0 aromatic heterocycles. The van der Waals surface area contributed by atoms with Gasteiger partial charge in [0.15, 0.2) is 0 Å². The van der Waals surface area contributed by atoms with E-state index in [0.29, 0.717) is 6.54 Å². The zero-order valence-electron chi connectivity index (χ0n) is 10.9. The molecule has 0 rings (SSSR count). The lowest BCUT2D eigenvalue weighted by Crippen LogP contribution is -2.12. The molecule has 0 aromatic rings. The summed E-state index contributed by atoms with van der Waals surface area (Å²) in [5, 5.41) is 10.2. The third-order valence-corrected chi connectivity index (χ3v) is 2.04. The Hall–Kier alpha value is -1.71. The Morgan fingerprint density at radius 3 is 2.71 bits per heavy atom. The van der Waals surface area contributed by atoms with Crippen LogP contribution in [0.25, 0.3) is 0 Å². The number of hydrogen-bond acceptors (Lipinski definition) is 4. The van der Waals surface area contributed by atoms with E-state index in [4.69, 9.17) is 5.41 Å². The molecule has 4 nitrogen and oxygen atoms in total. The first-order chi connectivity index (χ1) is 8.19. The van der Waals surface area contributed by atoms with Gasteiger partial charge in [0.1, 0.15) is 0 Å². The monoisotopic (exact) mass is 234 g/mol. The second kappa shape index (κ2) is 9.51. The second-order valence-electron chi connectivity index (χ2n) is 3.54. The van der Waals surface area contributed by atoms with Crippen LogP contribution in [0.4, 0.5) is 0 Å². The minimum absolute atomic E-state index is 0.191. The van der Waals surface area contributed by atoms with Crippen molar-refractivity contribution in [2.24, 2.45) is 9.98 Å². The van der Waals surface area contributed by atoms with Gasteiger partial charge in [-0.25, -0.2) is 0 Å². The summed E-state index contributed by atoms with van der Waals surface area (Å²) in [5.41, 5.74) is 1.46. The zero-order valence-corrected chi connectivity index (χ0v) is 10.9. The predicted molar refractivity (Wildman–Crippen MR) is 76.7 cm³/mol. The molecule has 0 radical (unpaired) electrons. The topological polar surface area (TPSA) is 60.6 Å². The van der Waals surface area contributed by atoms with Crippen molar-refractivity contribution in [3.63, 3.8) is 0 Å². The van der Waals surface area contributed by atoms with Gasteiger partial charge < -0.3 is 10.7 Å². The van der Waals surface area contributed by atoms with Crippen molar-refractivity contribution in [2.75, 3.05) is 13.6 Å². The Morgan fingerprint density at radius 2 is 2.24 bits per heavy atom. The summed E-state index contributed by atoms with van der Waals surface area (Å²) in [6.45, 7) is 8.34. The maximum atomic E-state index is 7.35. The smallest absolute Gasteiger partial charge is 0.0854 e. The maximum Gasteiger partial charge on any atom is 0.0854 e. The Balaban J connectivity index is 4.87. The molecule has 0 amide bonds. The molecule has 17 heavy (non-hydrogen) atoms. The number of rotatable bonds is 8. The highest BCUT2D eigenvalue weighted by molar-refractivity contribution is 6.43. The first-order valence-corrected chi connectivity index (χ1v) is 5.76. The van der Waals surface area contributed by atoms with Crippen LogP contribution in [0.2, 0.25) is 0 Å². The average molecular weight is 234 g/mol. The van der Waals surface area contributed by atoms with Crippen LogP contribution in [-0.4, -0.2) is 37.8 Å². The van der Waals surface area contributed by atoms with Crippen LogP contribution in [0, 0.1) is 5.41 Å². The first-order valence-electron chi connectivity index (χ1n) is 5.76. The molecule has 0 spiro atoms. The summed E-state index contributed by atoms with van der Waals surface area (Å²) < 4.78 is 0. The highest BCUT2D eigenvalue weighted by Gasteiger charge is 2.02. The number of allylic oxidation sites excluding steroid dienone is 1. The normalized spacial score (nSPS) is 14.8. The zero-order chi connectivity index (χ0) is 13.1. The van der Waals surface area contributed by atoms with Gasteiger partial charge in [-0.15, -0.1) is 6.58 Å². The highest BCUT2D eigenvalue weighted by Crippen LogP contribution is 1.98. The number of nitrogens with zero attached hydrogens (tertiary/aromatic N) is 2. The van der Waals surface area contributed by atoms with Gasteiger partial charge in [0.25, 0.3) is 0 Å². The summed E-state index contributed by atoms with van der Waals surface area (Å²) in [4.78, 5) is 8.71. The fourth-order valence-electron chi connectivity index (χ4n) is 1.22. The Morgan fingerprint density at radius 1 is 1.53 bits per heavy atom. The summed E-state index contributed by atoms with van der Waals surface area (Å²) >= 11 is 0. The van der Waals surface area contributed by atoms with E-state index >= 15 is 0 Å². The van der Waals surface area contributed by atoms with Crippen molar-refractivity contribution in [1.82, 2.24) is 5.32 Å². The van der Waals surface area contributed by atoms with Gasteiger partial charge >= 0.3 is 0 Å². The molecule has 4 heteroatoms. The van der Waals surface area contributed by atoms with Gasteiger partial charge in [-0.2, -0.15) is 0 Å². The van der Waals surface area contributed by atoms with Crippen LogP contribution >= 0.6 is 0 Å². The summed E-state index contributed by atoms with van der Waals surface area (Å²) in [6, 6.07) is 0.191. The van der Waals surface area contributed by atoms with Crippen LogP contribution in [0.1, 0.15) is 20.3 Å². The Bertz CT molecular complexity index is 326. The molecule has 2 N–H and O–H groups in total. The molecule has 0 aliphatic rings. The molecule has 0 saturated heterocycles. The summed E-state index contributed by atoms with van der Waals surface area (Å²) in [6.07, 6.45) is 7.43. The van der Waals surface area contributed by atoms with Crippen molar-refractivity contribution in [1.29, 1.82) is 5.41 Å². The Kier molecular flexibility index (Phi) is 8.55. The molecule has 0 heterocycles. The number of hydrogen-bond donors (Lipinski definition) is 2. The highest BCUT2D eigenvalue weighted by atomic mass is 14.8. The van der Waals surface area contributed by atoms with E-state index in [9.17, 15) is 0 Å². The maximum absolute atomic E-state index is 7.35. The quantitative estimate of drug-likeness (QED) is 0.491. The molecule has 0 bridgehead atoms. The molecule has 0 aliphatic heterocycles. The van der Waals surface area contributed by atoms with Gasteiger partial charge in [-0.3, -0.25) is 9.98 Å². The second-order valence-corrected chi connectivity index (χ2v) is 3.54. The van der Waals surface area contributed by atoms with Crippen LogP contribution in [-0.2, 0) is 0 Å². The van der Waals surface area contributed by atoms with Crippen LogP contribution < -0.4 is 5.32 Å². The third kappa shape index (κ3) is 6.45. The van der Waals surface area contributed by atoms with E-state index in [1.165, 1.54) is 6.21 Å². The van der Waals surface area contributed by atoms with Crippen LogP contribution in [0.5, 0.6) is 0 Å². The van der Waals surface area contributed by atoms with E-state index in [-0.39, 0.29) is 6.04 Å². The molecule has 0 aromatic carbocycles. The molecule has 0 aliphatic carbocycles. The van der Waals surface area contributed by atoms with Gasteiger partial charge in [0.05, 0.1) is 11.8 Å². The lowest BCUT2D eigenvalue weighted by atomic mass is 10.2. The van der Waals surface area contributed by atoms with Gasteiger partial charge in [-0.1, -0.05) is 6.08 Å². The van der Waals surface area contributed by atoms with E-state index in [1.54, 1.807) is 19.5 Å². The van der Waals surface area contributed by atoms with E-state index in [2.05, 4.69) is 21.9 Å². The molecule has 0 fully saturated rings. The number of nitrogens with one attached hydrogen (secondary N) is 2. The van der Waals surface area contributed by atoms with Crippen molar-refractivity contribution < 1.29 is 0 Å². The summed E-state index contributed by atoms with van der Waals surface area (Å²) in [5.74, 6) is 0. The van der Waals surface area contributed by atoms with Crippen LogP contribution in [0.15, 0.2) is 34.4 Å². The van der Waals surface area contributed by atoms with Crippen molar-refractivity contribution in [2.45, 2.75) is 26.3 Å². The minimum Gasteiger partial charge on any atom is -0.393 e. The van der Waals surface area contributed by atoms with E-state index in [1.807, 2.05) is 19.9 Å². The SMILES string of the molecule is C=CCC(C)\N=C/C(=N\CC)C(/C=N)=C/NC. The largest absolute Gasteiger partial charge is 0.393 e. The van der Waals surface area contributed by atoms with Crippen molar-refractivity contribution >= 4 is 18.1 Å². The molecular formula is C13H22N4. The molecular weight excluding hydrogens is 212 g/mol. The van der Waals surface area contributed by atoms with Crippen molar-refractivity contribution in [3.05, 3.63) is 24.4 Å². The van der Waals surface area contributed by atoms with Gasteiger partial charge in [0.2, 0.25) is 0 Å². The number of aliphatic imine (C=N–C) groups is 2. The standard InChI is InChI=1S/C13H22N4/c1-5-7-11(3)17-10-13(16-6-2)12(8-14)9-15-4/h5,8-11,14-15H,1,6-7H2,2-4H3/b12-9+,14-8?,16-13+,17-10-. The predicted octanol–water partition coefficient (Wildman–Crippen LogP) is 2.24. The van der Waals surface area contributed by atoms with Gasteiger partial charge in [0, 0.05) is 37.8 Å². The Labute approximate surface area is 104 Å². The van der Waals surface area contributed by atoms with Gasteiger partial charge in [-0.05, 0) is 20.3 Å². The molecule has 1 unspecified atom stereocenters. The van der Waals surface area contributed by atoms with Crippen molar-refractivity contribution in [3.8, 4) is 0 Å². The van der Waals surface area contributed by atoms with E-state index in [0.717, 1.165) is 17.7 Å². The first kappa shape index (κ1) is 15.3. The fourth-order valence-corrected chi connectivity index (χ4v) is 1.22. The lowest BCUT2D eigenvalue weighted by molar-refractivity contribution is 0.765. The van der Waals surface area contributed by atoms with E-state index < -0.39 is 0 Å².